The first-order valence-corrected chi connectivity index (χ1v) is 22.1. The third kappa shape index (κ3) is 10.7. The molecule has 0 spiro atoms. The molecule has 0 unspecified atom stereocenters. The molecule has 0 saturated carbocycles. The zero-order valence-electron chi connectivity index (χ0n) is 38.5. The monoisotopic (exact) mass is 934 g/mol. The van der Waals surface area contributed by atoms with Crippen molar-refractivity contribution in [3.63, 3.8) is 0 Å². The lowest BCUT2D eigenvalue weighted by Gasteiger charge is -2.38. The van der Waals surface area contributed by atoms with Crippen molar-refractivity contribution in [2.24, 2.45) is 0 Å². The number of hydrazine groups is 2. The molecule has 0 radical (unpaired) electrons. The Morgan fingerprint density at radius 3 is 1.25 bits per heavy atom. The molecule has 2 aliphatic heterocycles. The number of hydrogen-bond acceptors (Lipinski definition) is 11. The van der Waals surface area contributed by atoms with E-state index < -0.39 is 83.2 Å². The molecule has 5 aromatic carbocycles. The second kappa shape index (κ2) is 20.6. The van der Waals surface area contributed by atoms with Crippen LogP contribution in [0.15, 0.2) is 140 Å². The minimum Gasteiger partial charge on any atom is -0.459 e. The highest BCUT2D eigenvalue weighted by molar-refractivity contribution is 6.23. The van der Waals surface area contributed by atoms with Gasteiger partial charge in [0.2, 0.25) is 5.91 Å². The number of carbonyl (C=O) groups is 9. The SMILES string of the molecule is C[C@@H](C(=O)N[C@@H](Cc1ccccc1)C(=O)N([C@@H](C)C(=O)OCc1ccccc1)N1C(=O)c2ccccc2C1=O)N(C(=O)[C@H](Cc1ccccc1)NC(=O)OC(C)(C)C)N1C(=O)c2ccccc2C1=O. The van der Waals surface area contributed by atoms with Crippen molar-refractivity contribution < 1.29 is 52.6 Å². The van der Waals surface area contributed by atoms with Crippen molar-refractivity contribution >= 4 is 53.4 Å². The molecule has 0 saturated heterocycles. The number of imide groups is 2. The number of rotatable bonds is 16. The van der Waals surface area contributed by atoms with Gasteiger partial charge in [0.1, 0.15) is 36.4 Å². The molecule has 0 fully saturated rings. The lowest BCUT2D eigenvalue weighted by Crippen LogP contribution is -2.65. The van der Waals surface area contributed by atoms with Crippen molar-refractivity contribution in [2.45, 2.75) is 83.8 Å². The number of carbonyl (C=O) groups excluding carboxylic acids is 9. The average Bonchev–Trinajstić information content (AvgIpc) is 3.74. The quantitative estimate of drug-likeness (QED) is 0.0939. The van der Waals surface area contributed by atoms with Crippen molar-refractivity contribution in [1.82, 2.24) is 30.7 Å². The summed E-state index contributed by atoms with van der Waals surface area (Å²) in [6.45, 7) is 7.14. The fraction of sp³-hybridized carbons (Fsp3) is 0.250. The Labute approximate surface area is 397 Å². The first-order chi connectivity index (χ1) is 32.9. The Hall–Kier alpha value is -8.47. The third-order valence-corrected chi connectivity index (χ3v) is 11.3. The molecule has 8 amide bonds. The highest BCUT2D eigenvalue weighted by Gasteiger charge is 2.49. The largest absolute Gasteiger partial charge is 0.459 e. The number of nitrogens with zero attached hydrogens (tertiary/aromatic N) is 4. The van der Waals surface area contributed by atoms with Gasteiger partial charge in [-0.25, -0.2) is 19.6 Å². The van der Waals surface area contributed by atoms with Gasteiger partial charge < -0.3 is 20.1 Å². The smallest absolute Gasteiger partial charge is 0.408 e. The lowest BCUT2D eigenvalue weighted by atomic mass is 10.0. The lowest BCUT2D eigenvalue weighted by molar-refractivity contribution is -0.165. The predicted molar refractivity (Wildman–Crippen MR) is 248 cm³/mol. The molecule has 2 heterocycles. The Morgan fingerprint density at radius 2 is 0.855 bits per heavy atom. The normalized spacial score (nSPS) is 14.7. The number of fused-ring (bicyclic) bond motifs is 2. The van der Waals surface area contributed by atoms with Gasteiger partial charge in [0.25, 0.3) is 35.4 Å². The summed E-state index contributed by atoms with van der Waals surface area (Å²) in [5, 5.41) is 7.58. The molecule has 4 atom stereocenters. The van der Waals surface area contributed by atoms with Gasteiger partial charge in [-0.2, -0.15) is 10.0 Å². The van der Waals surface area contributed by atoms with Gasteiger partial charge in [-0.3, -0.25) is 33.6 Å². The van der Waals surface area contributed by atoms with Crippen LogP contribution in [0.25, 0.3) is 0 Å². The molecule has 0 aliphatic carbocycles. The first-order valence-electron chi connectivity index (χ1n) is 22.1. The molecule has 69 heavy (non-hydrogen) atoms. The van der Waals surface area contributed by atoms with E-state index >= 15 is 9.59 Å². The summed E-state index contributed by atoms with van der Waals surface area (Å²) in [5.74, 6) is -8.01. The van der Waals surface area contributed by atoms with Crippen molar-refractivity contribution in [3.8, 4) is 0 Å². The van der Waals surface area contributed by atoms with Gasteiger partial charge in [-0.05, 0) is 75.6 Å². The second-order valence-corrected chi connectivity index (χ2v) is 17.4. The van der Waals surface area contributed by atoms with Gasteiger partial charge in [-0.1, -0.05) is 115 Å². The number of ether oxygens (including phenoxy) is 2. The van der Waals surface area contributed by atoms with Crippen LogP contribution in [0, 0.1) is 0 Å². The summed E-state index contributed by atoms with van der Waals surface area (Å²) >= 11 is 0. The number of benzene rings is 5. The molecular formula is C52H50N6O11. The topological polar surface area (TPSA) is 209 Å². The van der Waals surface area contributed by atoms with E-state index in [2.05, 4.69) is 10.6 Å². The summed E-state index contributed by atoms with van der Waals surface area (Å²) in [6, 6.07) is 30.6. The average molecular weight is 935 g/mol. The van der Waals surface area contributed by atoms with Crippen LogP contribution in [0.5, 0.6) is 0 Å². The van der Waals surface area contributed by atoms with E-state index in [-0.39, 0.29) is 41.7 Å². The van der Waals surface area contributed by atoms with Crippen molar-refractivity contribution in [2.75, 3.05) is 0 Å². The number of amides is 8. The summed E-state index contributed by atoms with van der Waals surface area (Å²) in [7, 11) is 0. The fourth-order valence-corrected chi connectivity index (χ4v) is 7.89. The molecule has 2 N–H and O–H groups in total. The fourth-order valence-electron chi connectivity index (χ4n) is 7.89. The molecular weight excluding hydrogens is 885 g/mol. The Morgan fingerprint density at radius 1 is 0.507 bits per heavy atom. The molecule has 17 heteroatoms. The predicted octanol–water partition coefficient (Wildman–Crippen LogP) is 5.45. The Balaban J connectivity index is 1.28. The van der Waals surface area contributed by atoms with Gasteiger partial charge in [0, 0.05) is 12.8 Å². The van der Waals surface area contributed by atoms with Crippen molar-refractivity contribution in [3.05, 3.63) is 178 Å². The van der Waals surface area contributed by atoms with Crippen LogP contribution in [0.2, 0.25) is 0 Å². The molecule has 17 nitrogen and oxygen atoms in total. The summed E-state index contributed by atoms with van der Waals surface area (Å²) in [5.41, 5.74) is 0.461. The third-order valence-electron chi connectivity index (χ3n) is 11.3. The second-order valence-electron chi connectivity index (χ2n) is 17.4. The summed E-state index contributed by atoms with van der Waals surface area (Å²) in [4.78, 5) is 129. The highest BCUT2D eigenvalue weighted by atomic mass is 16.6. The first kappa shape index (κ1) is 48.5. The molecule has 0 aromatic heterocycles. The number of alkyl carbamates (subject to hydrolysis) is 1. The van der Waals surface area contributed by atoms with Gasteiger partial charge in [0.15, 0.2) is 0 Å². The minimum atomic E-state index is -1.80. The summed E-state index contributed by atoms with van der Waals surface area (Å²) in [6.07, 6.45) is -1.48. The highest BCUT2D eigenvalue weighted by Crippen LogP contribution is 2.29. The maximum absolute atomic E-state index is 15.3. The standard InChI is InChI=1S/C52H50N6O11/c1-32(55(57-44(60)37-25-15-16-26-38(37)45(57)61)49(65)42(30-35-21-11-7-12-22-35)54-51(67)69-52(3,4)5)43(59)53-41(29-34-19-9-6-10-20-34)48(64)56(33(2)50(66)68-31-36-23-13-8-14-24-36)58-46(62)39-27-17-18-28-40(39)47(58)63/h6-28,32-33,41-42H,29-31H2,1-5H3,(H,53,59)(H,54,67)/t32-,33-,41-,42-/m0/s1. The Bertz CT molecular complexity index is 2730. The van der Waals surface area contributed by atoms with E-state index in [1.54, 1.807) is 112 Å². The minimum absolute atomic E-state index is 0.0393. The van der Waals surface area contributed by atoms with Crippen LogP contribution in [0.4, 0.5) is 4.79 Å². The number of hydrogen-bond donors (Lipinski definition) is 2. The van der Waals surface area contributed by atoms with E-state index in [0.29, 0.717) is 36.7 Å². The van der Waals surface area contributed by atoms with Gasteiger partial charge >= 0.3 is 12.1 Å². The van der Waals surface area contributed by atoms with E-state index in [0.717, 1.165) is 0 Å². The van der Waals surface area contributed by atoms with E-state index in [9.17, 15) is 33.6 Å². The summed E-state index contributed by atoms with van der Waals surface area (Å²) < 4.78 is 11.1. The van der Waals surface area contributed by atoms with E-state index in [1.807, 2.05) is 0 Å². The van der Waals surface area contributed by atoms with Crippen molar-refractivity contribution in [1.29, 1.82) is 0 Å². The van der Waals surface area contributed by atoms with Crippen LogP contribution >= 0.6 is 0 Å². The van der Waals surface area contributed by atoms with Crippen LogP contribution in [-0.2, 0) is 48.1 Å². The molecule has 354 valence electrons. The molecule has 5 aromatic rings. The van der Waals surface area contributed by atoms with Crippen LogP contribution in [0.3, 0.4) is 0 Å². The van der Waals surface area contributed by atoms with Crippen LogP contribution in [-0.4, -0.2) is 103 Å². The molecule has 0 bridgehead atoms. The number of nitrogens with one attached hydrogen (secondary N) is 2. The van der Waals surface area contributed by atoms with E-state index in [4.69, 9.17) is 9.47 Å². The zero-order valence-corrected chi connectivity index (χ0v) is 38.5. The molecule has 2 aliphatic rings. The van der Waals surface area contributed by atoms with E-state index in [1.165, 1.54) is 62.4 Å². The number of esters is 1. The Kier molecular flexibility index (Phi) is 14.5. The van der Waals surface area contributed by atoms with Crippen LogP contribution in [0.1, 0.15) is 92.7 Å². The maximum Gasteiger partial charge on any atom is 0.408 e. The molecule has 7 rings (SSSR count). The van der Waals surface area contributed by atoms with Crippen LogP contribution < -0.4 is 10.6 Å². The van der Waals surface area contributed by atoms with Gasteiger partial charge in [-0.15, -0.1) is 0 Å². The van der Waals surface area contributed by atoms with Gasteiger partial charge in [0.05, 0.1) is 22.3 Å². The zero-order chi connectivity index (χ0) is 49.6. The maximum atomic E-state index is 15.3.